The van der Waals surface area contributed by atoms with Gasteiger partial charge >= 0.3 is 5.97 Å². The van der Waals surface area contributed by atoms with Crippen molar-refractivity contribution in [3.8, 4) is 0 Å². The van der Waals surface area contributed by atoms with E-state index in [9.17, 15) is 19.8 Å². The molecule has 0 aromatic carbocycles. The van der Waals surface area contributed by atoms with Crippen molar-refractivity contribution in [1.29, 1.82) is 0 Å². The lowest BCUT2D eigenvalue weighted by atomic mass is 10.0. The van der Waals surface area contributed by atoms with Crippen molar-refractivity contribution in [2.75, 3.05) is 13.2 Å². The second-order valence-electron chi connectivity index (χ2n) is 28.8. The van der Waals surface area contributed by atoms with Gasteiger partial charge in [0.2, 0.25) is 5.91 Å². The zero-order valence-electron chi connectivity index (χ0n) is 62.3. The second kappa shape index (κ2) is 81.2. The number of esters is 1. The number of aliphatic hydroxyl groups is 2. The Labute approximate surface area is 576 Å². The Balaban J connectivity index is 3.34. The van der Waals surface area contributed by atoms with Crippen LogP contribution in [-0.2, 0) is 14.3 Å². The largest absolute Gasteiger partial charge is 0.466 e. The van der Waals surface area contributed by atoms with Gasteiger partial charge in [-0.2, -0.15) is 0 Å². The fourth-order valence-electron chi connectivity index (χ4n) is 13.2. The predicted molar refractivity (Wildman–Crippen MR) is 407 cm³/mol. The van der Waals surface area contributed by atoms with E-state index >= 15 is 0 Å². The maximum absolute atomic E-state index is 12.5. The molecule has 0 aliphatic rings. The van der Waals surface area contributed by atoms with Gasteiger partial charge in [0.05, 0.1) is 25.4 Å². The molecule has 0 heterocycles. The zero-order valence-corrected chi connectivity index (χ0v) is 62.3. The van der Waals surface area contributed by atoms with Crippen molar-refractivity contribution in [2.24, 2.45) is 0 Å². The molecule has 0 spiro atoms. The molecule has 0 aromatic heterocycles. The summed E-state index contributed by atoms with van der Waals surface area (Å²) >= 11 is 0. The lowest BCUT2D eigenvalue weighted by Gasteiger charge is -2.20. The highest BCUT2D eigenvalue weighted by Gasteiger charge is 2.18. The average Bonchev–Trinajstić information content (AvgIpc) is 3.56. The summed E-state index contributed by atoms with van der Waals surface area (Å²) in [4.78, 5) is 24.6. The van der Waals surface area contributed by atoms with Gasteiger partial charge in [-0.1, -0.05) is 409 Å². The van der Waals surface area contributed by atoms with Crippen LogP contribution in [0.25, 0.3) is 0 Å². The molecular weight excluding hydrogens is 1130 g/mol. The molecule has 0 aromatic rings. The Morgan fingerprint density at radius 2 is 0.543 bits per heavy atom. The fraction of sp³-hybridized carbons (Fsp3) is 0.884. The van der Waals surface area contributed by atoms with E-state index in [-0.39, 0.29) is 18.5 Å². The summed E-state index contributed by atoms with van der Waals surface area (Å²) in [5.74, 6) is -0.0446. The Hall–Kier alpha value is -2.18. The number of hydrogen-bond acceptors (Lipinski definition) is 5. The standard InChI is InChI=1S/C86H163NO5/c1-3-5-7-9-11-13-15-17-19-21-43-47-50-54-58-62-66-70-74-78-84(89)83(82-88)87-85(90)79-75-71-67-63-59-55-51-48-44-41-39-37-35-33-31-29-27-25-23-22-24-26-28-30-32-34-36-38-40-42-45-49-53-57-61-65-69-73-77-81-92-86(91)80-76-72-68-64-60-56-52-46-20-18-16-14-12-10-8-6-4-2/h12,14,18,20,22-23,74,78,83-84,88-89H,3-11,13,15-17,19,21,24-73,75-77,79-82H2,1-2H3,(H,87,90)/b14-12-,20-18-,23-22-,78-74+. The van der Waals surface area contributed by atoms with E-state index in [0.29, 0.717) is 19.4 Å². The van der Waals surface area contributed by atoms with Gasteiger partial charge in [-0.25, -0.2) is 0 Å². The molecule has 0 saturated carbocycles. The number of unbranched alkanes of at least 4 members (excludes halogenated alkanes) is 62. The zero-order chi connectivity index (χ0) is 66.3. The Morgan fingerprint density at radius 1 is 0.304 bits per heavy atom. The van der Waals surface area contributed by atoms with Crippen LogP contribution in [0.1, 0.15) is 463 Å². The molecule has 0 aliphatic heterocycles. The number of allylic oxidation sites excluding steroid dienone is 7. The highest BCUT2D eigenvalue weighted by molar-refractivity contribution is 5.76. The molecule has 2 atom stereocenters. The summed E-state index contributed by atoms with van der Waals surface area (Å²) in [6.45, 7) is 4.92. The van der Waals surface area contributed by atoms with Crippen LogP contribution in [0.4, 0.5) is 0 Å². The van der Waals surface area contributed by atoms with Crippen molar-refractivity contribution in [2.45, 2.75) is 475 Å². The molecule has 0 fully saturated rings. The maximum atomic E-state index is 12.5. The van der Waals surface area contributed by atoms with Gasteiger partial charge in [0.25, 0.3) is 0 Å². The summed E-state index contributed by atoms with van der Waals surface area (Å²) in [6.07, 6.45) is 108. The minimum atomic E-state index is -0.843. The monoisotopic (exact) mass is 1290 g/mol. The molecule has 0 radical (unpaired) electrons. The van der Waals surface area contributed by atoms with Crippen LogP contribution in [0.3, 0.4) is 0 Å². The molecule has 0 bridgehead atoms. The van der Waals surface area contributed by atoms with E-state index < -0.39 is 12.1 Å². The van der Waals surface area contributed by atoms with Crippen molar-refractivity contribution in [1.82, 2.24) is 5.32 Å². The van der Waals surface area contributed by atoms with E-state index in [1.807, 2.05) is 6.08 Å². The van der Waals surface area contributed by atoms with Crippen LogP contribution >= 0.6 is 0 Å². The molecule has 2 unspecified atom stereocenters. The molecule has 0 aliphatic carbocycles. The molecule has 0 rings (SSSR count). The summed E-state index contributed by atoms with van der Waals surface area (Å²) < 4.78 is 5.51. The van der Waals surface area contributed by atoms with Gasteiger partial charge in [0, 0.05) is 12.8 Å². The van der Waals surface area contributed by atoms with Gasteiger partial charge in [0.1, 0.15) is 0 Å². The Bertz CT molecular complexity index is 1540. The van der Waals surface area contributed by atoms with Crippen molar-refractivity contribution in [3.05, 3.63) is 48.6 Å². The number of hydrogen-bond donors (Lipinski definition) is 3. The quantitative estimate of drug-likeness (QED) is 0.0320. The number of aliphatic hydroxyl groups excluding tert-OH is 2. The number of nitrogens with one attached hydrogen (secondary N) is 1. The van der Waals surface area contributed by atoms with E-state index in [0.717, 1.165) is 51.4 Å². The molecule has 0 saturated heterocycles. The van der Waals surface area contributed by atoms with Crippen molar-refractivity contribution >= 4 is 11.9 Å². The molecule has 92 heavy (non-hydrogen) atoms. The molecular formula is C86H163NO5. The highest BCUT2D eigenvalue weighted by Crippen LogP contribution is 2.20. The maximum Gasteiger partial charge on any atom is 0.305 e. The highest BCUT2D eigenvalue weighted by atomic mass is 16.5. The normalized spacial score (nSPS) is 12.7. The van der Waals surface area contributed by atoms with Crippen molar-refractivity contribution in [3.63, 3.8) is 0 Å². The second-order valence-corrected chi connectivity index (χ2v) is 28.8. The van der Waals surface area contributed by atoms with Crippen LogP contribution in [0, 0.1) is 0 Å². The van der Waals surface area contributed by atoms with Gasteiger partial charge in [-0.05, 0) is 89.9 Å². The van der Waals surface area contributed by atoms with E-state index in [1.54, 1.807) is 6.08 Å². The smallest absolute Gasteiger partial charge is 0.305 e. The first-order valence-corrected chi connectivity index (χ1v) is 41.9. The van der Waals surface area contributed by atoms with E-state index in [1.165, 1.54) is 385 Å². The SMILES string of the molecule is CCCCC/C=C\C/C=C\CCCCCCCCCC(=O)OCCCCCCCCCCCCCCCCCCCC/C=C\CCCCCCCCCCCCCCCCCCCC(=O)NC(CO)C(O)/C=C/CCCCCCCCCCCCCCCCCCC. The molecule has 1 amide bonds. The molecule has 542 valence electrons. The first-order chi connectivity index (χ1) is 45.5. The summed E-state index contributed by atoms with van der Waals surface area (Å²) in [5.41, 5.74) is 0. The number of carbonyl (C=O) groups excluding carboxylic acids is 2. The van der Waals surface area contributed by atoms with Crippen molar-refractivity contribution < 1.29 is 24.5 Å². The first-order valence-electron chi connectivity index (χ1n) is 41.9. The predicted octanol–water partition coefficient (Wildman–Crippen LogP) is 27.9. The fourth-order valence-corrected chi connectivity index (χ4v) is 13.2. The lowest BCUT2D eigenvalue weighted by Crippen LogP contribution is -2.45. The minimum absolute atomic E-state index is 0.0150. The topological polar surface area (TPSA) is 95.9 Å². The number of ether oxygens (including phenoxy) is 1. The van der Waals surface area contributed by atoms with Crippen LogP contribution in [0.15, 0.2) is 48.6 Å². The van der Waals surface area contributed by atoms with E-state index in [2.05, 4.69) is 55.6 Å². The Morgan fingerprint density at radius 3 is 0.859 bits per heavy atom. The van der Waals surface area contributed by atoms with Crippen LogP contribution in [-0.4, -0.2) is 47.4 Å². The number of carbonyl (C=O) groups is 2. The van der Waals surface area contributed by atoms with Gasteiger partial charge < -0.3 is 20.3 Å². The van der Waals surface area contributed by atoms with Gasteiger partial charge in [-0.3, -0.25) is 9.59 Å². The van der Waals surface area contributed by atoms with Gasteiger partial charge in [-0.15, -0.1) is 0 Å². The average molecular weight is 1290 g/mol. The number of rotatable bonds is 79. The summed E-state index contributed by atoms with van der Waals surface area (Å²) in [5, 5.41) is 23.3. The number of amides is 1. The lowest BCUT2D eigenvalue weighted by molar-refractivity contribution is -0.143. The van der Waals surface area contributed by atoms with Crippen LogP contribution in [0.5, 0.6) is 0 Å². The van der Waals surface area contributed by atoms with Gasteiger partial charge in [0.15, 0.2) is 0 Å². The van der Waals surface area contributed by atoms with Crippen LogP contribution in [0.2, 0.25) is 0 Å². The third kappa shape index (κ3) is 76.8. The summed E-state index contributed by atoms with van der Waals surface area (Å²) in [6, 6.07) is -0.626. The Kier molecular flexibility index (Phi) is 79.3. The third-order valence-electron chi connectivity index (χ3n) is 19.6. The molecule has 6 nitrogen and oxygen atoms in total. The molecule has 6 heteroatoms. The van der Waals surface area contributed by atoms with Crippen LogP contribution < -0.4 is 5.32 Å². The molecule has 3 N–H and O–H groups in total. The first kappa shape index (κ1) is 89.8. The third-order valence-corrected chi connectivity index (χ3v) is 19.6. The summed E-state index contributed by atoms with van der Waals surface area (Å²) in [7, 11) is 0. The minimum Gasteiger partial charge on any atom is -0.466 e. The van der Waals surface area contributed by atoms with E-state index in [4.69, 9.17) is 4.74 Å².